The highest BCUT2D eigenvalue weighted by Gasteiger charge is 2.26. The molecule has 0 aliphatic carbocycles. The van der Waals surface area contributed by atoms with Crippen molar-refractivity contribution in [3.8, 4) is 0 Å². The van der Waals surface area contributed by atoms with Gasteiger partial charge in [-0.1, -0.05) is 54.6 Å². The van der Waals surface area contributed by atoms with Crippen LogP contribution >= 0.6 is 0 Å². The van der Waals surface area contributed by atoms with E-state index in [4.69, 9.17) is 5.11 Å². The Bertz CT molecular complexity index is 1250. The highest BCUT2D eigenvalue weighted by atomic mass is 19.1. The minimum absolute atomic E-state index is 0.0183. The lowest BCUT2D eigenvalue weighted by molar-refractivity contribution is -0.136. The van der Waals surface area contributed by atoms with Crippen molar-refractivity contribution in [1.82, 2.24) is 4.90 Å². The molecule has 0 aromatic heterocycles. The molecule has 2 N–H and O–H groups in total. The van der Waals surface area contributed by atoms with E-state index in [1.165, 1.54) is 12.1 Å². The van der Waals surface area contributed by atoms with Crippen LogP contribution in [0.1, 0.15) is 65.3 Å². The van der Waals surface area contributed by atoms with Gasteiger partial charge in [-0.15, -0.1) is 0 Å². The number of hydrogen-bond donors (Lipinski definition) is 2. The van der Waals surface area contributed by atoms with E-state index in [1.807, 2.05) is 69.3 Å². The third-order valence-electron chi connectivity index (χ3n) is 5.87. The number of carboxylic acid groups (broad SMARTS) is 1. The summed E-state index contributed by atoms with van der Waals surface area (Å²) in [6, 6.07) is 16.4. The Labute approximate surface area is 225 Å². The van der Waals surface area contributed by atoms with Crippen LogP contribution in [0.15, 0.2) is 54.6 Å². The van der Waals surface area contributed by atoms with Gasteiger partial charge < -0.3 is 15.1 Å². The van der Waals surface area contributed by atoms with Gasteiger partial charge in [-0.05, 0) is 98.2 Å². The van der Waals surface area contributed by atoms with Gasteiger partial charge in [0.2, 0.25) is 6.41 Å². The summed E-state index contributed by atoms with van der Waals surface area (Å²) in [4.78, 5) is 24.3. The monoisotopic (exact) mass is 519 g/mol. The summed E-state index contributed by atoms with van der Waals surface area (Å²) in [7, 11) is 0. The highest BCUT2D eigenvalue weighted by Crippen LogP contribution is 2.35. The lowest BCUT2D eigenvalue weighted by atomic mass is 9.87. The van der Waals surface area contributed by atoms with Crippen molar-refractivity contribution in [2.75, 3.05) is 0 Å². The number of aryl methyl sites for hydroxylation is 1. The molecule has 1 amide bonds. The number of nitrogens with zero attached hydrogens (tertiary/aromatic N) is 1. The van der Waals surface area contributed by atoms with E-state index in [9.17, 15) is 19.1 Å². The van der Waals surface area contributed by atoms with E-state index in [2.05, 4.69) is 0 Å². The van der Waals surface area contributed by atoms with Crippen LogP contribution in [-0.2, 0) is 29.1 Å². The molecule has 0 radical (unpaired) electrons. The van der Waals surface area contributed by atoms with Crippen LogP contribution in [0.3, 0.4) is 0 Å². The Morgan fingerprint density at radius 3 is 2.00 bits per heavy atom. The van der Waals surface area contributed by atoms with E-state index >= 15 is 0 Å². The zero-order valence-electron chi connectivity index (χ0n) is 23.1. The van der Waals surface area contributed by atoms with Crippen LogP contribution in [-0.4, -0.2) is 33.1 Å². The van der Waals surface area contributed by atoms with Gasteiger partial charge in [0.1, 0.15) is 5.82 Å². The minimum atomic E-state index is -0.845. The molecule has 1 heterocycles. The number of rotatable bonds is 5. The maximum atomic E-state index is 12.2. The molecule has 4 rings (SSSR count). The van der Waals surface area contributed by atoms with E-state index in [1.54, 1.807) is 31.7 Å². The van der Waals surface area contributed by atoms with Crippen LogP contribution in [0.4, 0.5) is 4.39 Å². The number of carbonyl (C=O) groups excluding carboxylic acids is 1. The smallest absolute Gasteiger partial charge is 0.307 e. The fourth-order valence-corrected chi connectivity index (χ4v) is 4.14. The van der Waals surface area contributed by atoms with Gasteiger partial charge in [-0.25, -0.2) is 4.39 Å². The SMILES string of the molecule is CC(C)(C)O.Cc1c(/C=C/c2ccccc2)c(CC(=O)O)c(C)c2c1CN(C=O)C2.Cc1cccc(F)c1. The van der Waals surface area contributed by atoms with Gasteiger partial charge in [0, 0.05) is 13.1 Å². The summed E-state index contributed by atoms with van der Waals surface area (Å²) in [6.07, 6.45) is 4.84. The second-order valence-corrected chi connectivity index (χ2v) is 10.4. The zero-order valence-corrected chi connectivity index (χ0v) is 23.1. The molecule has 0 atom stereocenters. The summed E-state index contributed by atoms with van der Waals surface area (Å²) >= 11 is 0. The summed E-state index contributed by atoms with van der Waals surface area (Å²) in [5, 5.41) is 17.9. The van der Waals surface area contributed by atoms with Gasteiger partial charge in [0.15, 0.2) is 0 Å². The van der Waals surface area contributed by atoms with Gasteiger partial charge >= 0.3 is 5.97 Å². The molecule has 0 saturated heterocycles. The van der Waals surface area contributed by atoms with Crippen molar-refractivity contribution >= 4 is 24.5 Å². The zero-order chi connectivity index (χ0) is 28.5. The van der Waals surface area contributed by atoms with Crippen LogP contribution in [0.25, 0.3) is 12.2 Å². The number of aliphatic hydroxyl groups is 1. The predicted molar refractivity (Wildman–Crippen MR) is 151 cm³/mol. The van der Waals surface area contributed by atoms with Crippen molar-refractivity contribution in [2.45, 2.75) is 66.7 Å². The van der Waals surface area contributed by atoms with Gasteiger partial charge in [0.05, 0.1) is 12.0 Å². The number of carboxylic acids is 1. The molecule has 0 unspecified atom stereocenters. The topological polar surface area (TPSA) is 77.8 Å². The standard InChI is InChI=1S/C21H21NO3.C7H7F.C4H10O/c1-14-17(9-8-16-6-4-3-5-7-16)18(10-21(24)25)15(2)20-12-22(13-23)11-19(14)20;1-6-3-2-4-7(8)5-6;1-4(2,3)5/h3-9,13H,10-12H2,1-2H3,(H,24,25);2-5H,1H3;5H,1-3H3/b9-8+;;. The number of fused-ring (bicyclic) bond motifs is 1. The lowest BCUT2D eigenvalue weighted by Gasteiger charge is -2.17. The van der Waals surface area contributed by atoms with Crippen molar-refractivity contribution in [3.05, 3.63) is 105 Å². The summed E-state index contributed by atoms with van der Waals surface area (Å²) in [5.41, 5.74) is 7.61. The molecular weight excluding hydrogens is 481 g/mol. The Hall–Kier alpha value is -3.77. The number of amides is 1. The summed E-state index contributed by atoms with van der Waals surface area (Å²) in [6.45, 7) is 12.2. The Morgan fingerprint density at radius 1 is 0.947 bits per heavy atom. The molecule has 3 aromatic rings. The average Bonchev–Trinajstić information content (AvgIpc) is 3.27. The fraction of sp³-hybridized carbons (Fsp3) is 0.312. The van der Waals surface area contributed by atoms with Crippen LogP contribution in [0.2, 0.25) is 0 Å². The van der Waals surface area contributed by atoms with Crippen LogP contribution < -0.4 is 0 Å². The molecule has 0 saturated carbocycles. The molecule has 0 bridgehead atoms. The maximum Gasteiger partial charge on any atom is 0.307 e. The van der Waals surface area contributed by atoms with E-state index in [0.717, 1.165) is 50.9 Å². The number of aliphatic carboxylic acids is 1. The Kier molecular flexibility index (Phi) is 11.0. The highest BCUT2D eigenvalue weighted by molar-refractivity contribution is 5.80. The van der Waals surface area contributed by atoms with Crippen LogP contribution in [0.5, 0.6) is 0 Å². The lowest BCUT2D eigenvalue weighted by Crippen LogP contribution is -2.13. The van der Waals surface area contributed by atoms with Gasteiger partial charge in [-0.2, -0.15) is 0 Å². The molecule has 1 aliphatic rings. The first-order valence-corrected chi connectivity index (χ1v) is 12.5. The quantitative estimate of drug-likeness (QED) is 0.299. The van der Waals surface area contributed by atoms with Crippen LogP contribution in [0, 0.1) is 26.6 Å². The van der Waals surface area contributed by atoms with Crippen molar-refractivity contribution < 1.29 is 24.2 Å². The molecule has 3 aromatic carbocycles. The summed E-state index contributed by atoms with van der Waals surface area (Å²) < 4.78 is 12.2. The molecule has 202 valence electrons. The predicted octanol–water partition coefficient (Wildman–Crippen LogP) is 6.48. The Morgan fingerprint density at radius 2 is 1.53 bits per heavy atom. The van der Waals surface area contributed by atoms with Crippen molar-refractivity contribution in [1.29, 1.82) is 0 Å². The maximum absolute atomic E-state index is 12.2. The molecule has 6 heteroatoms. The first-order chi connectivity index (χ1) is 17.8. The molecule has 5 nitrogen and oxygen atoms in total. The number of carbonyl (C=O) groups is 2. The first-order valence-electron chi connectivity index (χ1n) is 12.5. The molecule has 38 heavy (non-hydrogen) atoms. The van der Waals surface area contributed by atoms with Crippen molar-refractivity contribution in [3.63, 3.8) is 0 Å². The Balaban J connectivity index is 0.000000320. The normalized spacial score (nSPS) is 12.3. The van der Waals surface area contributed by atoms with E-state index in [-0.39, 0.29) is 12.2 Å². The third kappa shape index (κ3) is 9.60. The average molecular weight is 520 g/mol. The minimum Gasteiger partial charge on any atom is -0.481 e. The van der Waals surface area contributed by atoms with E-state index in [0.29, 0.717) is 13.1 Å². The second-order valence-electron chi connectivity index (χ2n) is 10.4. The summed E-state index contributed by atoms with van der Waals surface area (Å²) in [5.74, 6) is -1.01. The molecule has 1 aliphatic heterocycles. The van der Waals surface area contributed by atoms with E-state index < -0.39 is 11.6 Å². The second kappa shape index (κ2) is 13.7. The molecular formula is C32H38FNO4. The largest absolute Gasteiger partial charge is 0.481 e. The van der Waals surface area contributed by atoms with Crippen molar-refractivity contribution in [2.24, 2.45) is 0 Å². The number of halogens is 1. The van der Waals surface area contributed by atoms with Gasteiger partial charge in [0.25, 0.3) is 0 Å². The molecule has 0 spiro atoms. The molecule has 0 fully saturated rings. The third-order valence-corrected chi connectivity index (χ3v) is 5.87. The first kappa shape index (κ1) is 30.5. The fourth-order valence-electron chi connectivity index (χ4n) is 4.14. The van der Waals surface area contributed by atoms with Gasteiger partial charge in [-0.3, -0.25) is 9.59 Å². The number of benzene rings is 3. The number of hydrogen-bond acceptors (Lipinski definition) is 3.